The van der Waals surface area contributed by atoms with Crippen molar-refractivity contribution in [3.63, 3.8) is 0 Å². The maximum Gasteiger partial charge on any atom is 0.161 e. The number of nitrogens with one attached hydrogen (secondary N) is 1. The van der Waals surface area contributed by atoms with Gasteiger partial charge >= 0.3 is 0 Å². The largest absolute Gasteiger partial charge is 0.493 e. The summed E-state index contributed by atoms with van der Waals surface area (Å²) < 4.78 is 17.1. The third-order valence-electron chi connectivity index (χ3n) is 4.41. The van der Waals surface area contributed by atoms with Crippen LogP contribution >= 0.6 is 0 Å². The molecule has 1 aliphatic rings. The predicted molar refractivity (Wildman–Crippen MR) is 97.2 cm³/mol. The minimum atomic E-state index is 0.373. The molecule has 1 aromatic carbocycles. The fourth-order valence-electron chi connectivity index (χ4n) is 3.38. The Morgan fingerprint density at radius 2 is 1.96 bits per heavy atom. The quantitative estimate of drug-likeness (QED) is 0.555. The molecule has 24 heavy (non-hydrogen) atoms. The highest BCUT2D eigenvalue weighted by Crippen LogP contribution is 2.28. The van der Waals surface area contributed by atoms with Crippen LogP contribution in [0.1, 0.15) is 32.3 Å². The smallest absolute Gasteiger partial charge is 0.161 e. The number of quaternary nitrogens is 1. The summed E-state index contributed by atoms with van der Waals surface area (Å²) in [7, 11) is 1.68. The van der Waals surface area contributed by atoms with Crippen molar-refractivity contribution in [1.29, 1.82) is 0 Å². The summed E-state index contributed by atoms with van der Waals surface area (Å²) in [5.41, 5.74) is 1.19. The SMILES string of the molecule is C=CCc1ccc(OCCCC[NH+]2C[C@H](C)O[C@@H](C)C2)c(OC)c1. The van der Waals surface area contributed by atoms with E-state index < -0.39 is 0 Å². The fourth-order valence-corrected chi connectivity index (χ4v) is 3.38. The van der Waals surface area contributed by atoms with Gasteiger partial charge < -0.3 is 19.1 Å². The van der Waals surface area contributed by atoms with E-state index in [1.807, 2.05) is 18.2 Å². The lowest BCUT2D eigenvalue weighted by atomic mass is 10.1. The van der Waals surface area contributed by atoms with Gasteiger partial charge in [-0.15, -0.1) is 6.58 Å². The van der Waals surface area contributed by atoms with Crippen molar-refractivity contribution < 1.29 is 19.1 Å². The highest BCUT2D eigenvalue weighted by atomic mass is 16.5. The van der Waals surface area contributed by atoms with Crippen LogP contribution in [0.25, 0.3) is 0 Å². The van der Waals surface area contributed by atoms with Gasteiger partial charge in [-0.1, -0.05) is 12.1 Å². The van der Waals surface area contributed by atoms with E-state index in [2.05, 4.69) is 26.5 Å². The molecule has 1 fully saturated rings. The van der Waals surface area contributed by atoms with Gasteiger partial charge in [0.25, 0.3) is 0 Å². The summed E-state index contributed by atoms with van der Waals surface area (Å²) in [6, 6.07) is 6.09. The number of ether oxygens (including phenoxy) is 3. The van der Waals surface area contributed by atoms with E-state index in [-0.39, 0.29) is 0 Å². The Labute approximate surface area is 146 Å². The molecule has 0 unspecified atom stereocenters. The second kappa shape index (κ2) is 9.70. The topological polar surface area (TPSA) is 32.1 Å². The Balaban J connectivity index is 1.71. The number of rotatable bonds is 9. The Bertz CT molecular complexity index is 508. The van der Waals surface area contributed by atoms with E-state index >= 15 is 0 Å². The van der Waals surface area contributed by atoms with Crippen LogP contribution in [0.2, 0.25) is 0 Å². The lowest BCUT2D eigenvalue weighted by Gasteiger charge is -2.32. The van der Waals surface area contributed by atoms with Crippen molar-refractivity contribution in [2.45, 2.75) is 45.3 Å². The van der Waals surface area contributed by atoms with Gasteiger partial charge in [-0.05, 0) is 50.8 Å². The number of hydrogen-bond donors (Lipinski definition) is 1. The first-order valence-corrected chi connectivity index (χ1v) is 9.02. The van der Waals surface area contributed by atoms with Gasteiger partial charge in [0.15, 0.2) is 11.5 Å². The molecule has 0 spiro atoms. The maximum absolute atomic E-state index is 5.91. The summed E-state index contributed by atoms with van der Waals surface area (Å²) in [6.07, 6.45) is 5.72. The van der Waals surface area contributed by atoms with Crippen LogP contribution in [-0.4, -0.2) is 45.6 Å². The predicted octanol–water partition coefficient (Wildman–Crippen LogP) is 2.27. The first kappa shape index (κ1) is 18.8. The molecule has 0 aromatic heterocycles. The number of methoxy groups -OCH3 is 1. The average Bonchev–Trinajstić information content (AvgIpc) is 2.55. The van der Waals surface area contributed by atoms with Gasteiger partial charge in [0.1, 0.15) is 25.3 Å². The molecule has 4 nitrogen and oxygen atoms in total. The zero-order valence-electron chi connectivity index (χ0n) is 15.3. The fraction of sp³-hybridized carbons (Fsp3) is 0.600. The van der Waals surface area contributed by atoms with Crippen molar-refractivity contribution in [2.75, 3.05) is 33.4 Å². The highest BCUT2D eigenvalue weighted by molar-refractivity contribution is 5.43. The summed E-state index contributed by atoms with van der Waals surface area (Å²) in [5.74, 6) is 1.63. The van der Waals surface area contributed by atoms with E-state index in [1.165, 1.54) is 18.5 Å². The van der Waals surface area contributed by atoms with Crippen molar-refractivity contribution >= 4 is 0 Å². The molecule has 2 rings (SSSR count). The summed E-state index contributed by atoms with van der Waals surface area (Å²) >= 11 is 0. The first-order valence-electron chi connectivity index (χ1n) is 9.02. The summed E-state index contributed by atoms with van der Waals surface area (Å²) in [6.45, 7) is 12.3. The van der Waals surface area contributed by atoms with Crippen LogP contribution in [0.15, 0.2) is 30.9 Å². The average molecular weight is 334 g/mol. The van der Waals surface area contributed by atoms with Gasteiger partial charge in [0.2, 0.25) is 0 Å². The summed E-state index contributed by atoms with van der Waals surface area (Å²) in [5, 5.41) is 0. The standard InChI is InChI=1S/C20H31NO3/c1-5-8-18-9-10-19(20(13-18)22-4)23-12-7-6-11-21-14-16(2)24-17(3)15-21/h5,9-10,13,16-17H,1,6-8,11-12,14-15H2,2-4H3/p+1/t16-,17-/m0/s1. The lowest BCUT2D eigenvalue weighted by molar-refractivity contribution is -0.915. The second-order valence-corrected chi connectivity index (χ2v) is 6.70. The number of unbranched alkanes of at least 4 members (excludes halogenated alkanes) is 1. The molecule has 1 saturated heterocycles. The van der Waals surface area contributed by atoms with Gasteiger partial charge in [-0.3, -0.25) is 0 Å². The molecule has 2 atom stereocenters. The molecule has 0 saturated carbocycles. The minimum absolute atomic E-state index is 0.373. The maximum atomic E-state index is 5.91. The van der Waals surface area contributed by atoms with E-state index in [0.717, 1.165) is 44.0 Å². The van der Waals surface area contributed by atoms with E-state index in [1.54, 1.807) is 12.0 Å². The molecule has 1 N–H and O–H groups in total. The van der Waals surface area contributed by atoms with Crippen LogP contribution in [0.5, 0.6) is 11.5 Å². The number of morpholine rings is 1. The van der Waals surface area contributed by atoms with Crippen LogP contribution in [0.4, 0.5) is 0 Å². The lowest BCUT2D eigenvalue weighted by Crippen LogP contribution is -3.15. The van der Waals surface area contributed by atoms with Gasteiger partial charge in [0.05, 0.1) is 20.3 Å². The normalized spacial score (nSPS) is 23.7. The number of allylic oxidation sites excluding steroid dienone is 1. The number of benzene rings is 1. The monoisotopic (exact) mass is 334 g/mol. The van der Waals surface area contributed by atoms with Gasteiger partial charge in [-0.2, -0.15) is 0 Å². The van der Waals surface area contributed by atoms with Crippen LogP contribution in [-0.2, 0) is 11.2 Å². The molecular weight excluding hydrogens is 302 g/mol. The van der Waals surface area contributed by atoms with Crippen LogP contribution in [0.3, 0.4) is 0 Å². The van der Waals surface area contributed by atoms with Crippen molar-refractivity contribution in [1.82, 2.24) is 0 Å². The third kappa shape index (κ3) is 5.84. The Hall–Kier alpha value is -1.52. The molecule has 1 aliphatic heterocycles. The minimum Gasteiger partial charge on any atom is -0.493 e. The second-order valence-electron chi connectivity index (χ2n) is 6.70. The first-order chi connectivity index (χ1) is 11.6. The Kier molecular flexibility index (Phi) is 7.60. The Morgan fingerprint density at radius 1 is 1.21 bits per heavy atom. The van der Waals surface area contributed by atoms with E-state index in [9.17, 15) is 0 Å². The molecule has 4 heteroatoms. The summed E-state index contributed by atoms with van der Waals surface area (Å²) in [4.78, 5) is 1.65. The van der Waals surface area contributed by atoms with E-state index in [4.69, 9.17) is 14.2 Å². The van der Waals surface area contributed by atoms with Crippen molar-refractivity contribution in [3.05, 3.63) is 36.4 Å². The molecule has 134 valence electrons. The van der Waals surface area contributed by atoms with Crippen molar-refractivity contribution in [2.24, 2.45) is 0 Å². The third-order valence-corrected chi connectivity index (χ3v) is 4.41. The van der Waals surface area contributed by atoms with Crippen LogP contribution in [0, 0.1) is 0 Å². The molecule has 0 bridgehead atoms. The van der Waals surface area contributed by atoms with Crippen molar-refractivity contribution in [3.8, 4) is 11.5 Å². The zero-order chi connectivity index (χ0) is 17.4. The molecule has 1 heterocycles. The molecule has 0 aliphatic carbocycles. The molecular formula is C20H32NO3+. The van der Waals surface area contributed by atoms with Gasteiger partial charge in [0, 0.05) is 0 Å². The Morgan fingerprint density at radius 3 is 2.62 bits per heavy atom. The number of hydrogen-bond acceptors (Lipinski definition) is 3. The highest BCUT2D eigenvalue weighted by Gasteiger charge is 2.24. The van der Waals surface area contributed by atoms with Crippen LogP contribution < -0.4 is 14.4 Å². The molecule has 1 aromatic rings. The molecule has 0 amide bonds. The van der Waals surface area contributed by atoms with Gasteiger partial charge in [-0.25, -0.2) is 0 Å². The zero-order valence-corrected chi connectivity index (χ0v) is 15.3. The van der Waals surface area contributed by atoms with E-state index in [0.29, 0.717) is 12.2 Å². The molecule has 0 radical (unpaired) electrons.